The highest BCUT2D eigenvalue weighted by Gasteiger charge is 2.19. The van der Waals surface area contributed by atoms with Gasteiger partial charge in [-0.05, 0) is 0 Å². The van der Waals surface area contributed by atoms with E-state index in [4.69, 9.17) is 0 Å². The van der Waals surface area contributed by atoms with Crippen LogP contribution >= 0.6 is 0 Å². The van der Waals surface area contributed by atoms with Gasteiger partial charge in [0.15, 0.2) is 12.0 Å². The van der Waals surface area contributed by atoms with Crippen LogP contribution in [-0.2, 0) is 0 Å². The van der Waals surface area contributed by atoms with Gasteiger partial charge in [0.2, 0.25) is 5.95 Å². The van der Waals surface area contributed by atoms with Crippen LogP contribution in [0.15, 0.2) is 6.07 Å². The van der Waals surface area contributed by atoms with Crippen molar-refractivity contribution in [2.75, 3.05) is 7.11 Å². The monoisotopic (exact) mass is 205 g/mol. The van der Waals surface area contributed by atoms with Crippen molar-refractivity contribution < 1.29 is 22.7 Å². The largest absolute Gasteiger partial charge is 0.494 e. The van der Waals surface area contributed by atoms with E-state index in [0.717, 1.165) is 7.11 Å². The Morgan fingerprint density at radius 1 is 1.57 bits per heavy atom. The van der Waals surface area contributed by atoms with E-state index < -0.39 is 29.4 Å². The van der Waals surface area contributed by atoms with Crippen LogP contribution in [0.3, 0.4) is 0 Å². The van der Waals surface area contributed by atoms with Crippen molar-refractivity contribution in [1.29, 1.82) is 0 Å². The molecule has 0 saturated heterocycles. The van der Waals surface area contributed by atoms with Crippen LogP contribution < -0.4 is 4.74 Å². The first-order valence-electron chi connectivity index (χ1n) is 3.58. The summed E-state index contributed by atoms with van der Waals surface area (Å²) < 4.78 is 41.8. The zero-order chi connectivity index (χ0) is 10.7. The molecule has 14 heavy (non-hydrogen) atoms. The Kier molecular flexibility index (Phi) is 3.06. The molecule has 0 bridgehead atoms. The smallest absolute Gasteiger partial charge is 0.267 e. The van der Waals surface area contributed by atoms with Crippen LogP contribution in [0, 0.1) is 5.95 Å². The van der Waals surface area contributed by atoms with Gasteiger partial charge in [0.25, 0.3) is 6.43 Å². The van der Waals surface area contributed by atoms with Crippen molar-refractivity contribution in [3.63, 3.8) is 0 Å². The molecule has 6 heteroatoms. The van der Waals surface area contributed by atoms with E-state index in [-0.39, 0.29) is 6.29 Å². The molecule has 0 aliphatic carbocycles. The Hall–Kier alpha value is -1.59. The lowest BCUT2D eigenvalue weighted by Crippen LogP contribution is -2.02. The van der Waals surface area contributed by atoms with Crippen LogP contribution in [0.4, 0.5) is 13.2 Å². The molecule has 0 spiro atoms. The minimum Gasteiger partial charge on any atom is -0.494 e. The number of methoxy groups -OCH3 is 1. The number of pyridine rings is 1. The molecule has 1 rings (SSSR count). The zero-order valence-electron chi connectivity index (χ0n) is 7.13. The van der Waals surface area contributed by atoms with Gasteiger partial charge < -0.3 is 4.74 Å². The number of aromatic nitrogens is 1. The Balaban J connectivity index is 3.39. The molecule has 0 amide bonds. The lowest BCUT2D eigenvalue weighted by atomic mass is 10.2. The van der Waals surface area contributed by atoms with E-state index in [9.17, 15) is 18.0 Å². The van der Waals surface area contributed by atoms with Crippen LogP contribution in [0.5, 0.6) is 5.75 Å². The van der Waals surface area contributed by atoms with Crippen LogP contribution in [0.1, 0.15) is 22.5 Å². The average Bonchev–Trinajstić information content (AvgIpc) is 2.16. The van der Waals surface area contributed by atoms with Gasteiger partial charge >= 0.3 is 0 Å². The standard InChI is InChI=1S/C8H6F3NO2/c1-14-7-4(8(10)11)2-6(9)12-5(7)3-13/h2-3,8H,1H3. The van der Waals surface area contributed by atoms with Crippen molar-refractivity contribution in [2.24, 2.45) is 0 Å². The van der Waals surface area contributed by atoms with Gasteiger partial charge in [-0.3, -0.25) is 4.79 Å². The van der Waals surface area contributed by atoms with Crippen molar-refractivity contribution in [3.8, 4) is 5.75 Å². The van der Waals surface area contributed by atoms with Gasteiger partial charge in [0.1, 0.15) is 5.69 Å². The first-order valence-corrected chi connectivity index (χ1v) is 3.58. The highest BCUT2D eigenvalue weighted by Crippen LogP contribution is 2.30. The molecule has 0 aliphatic rings. The molecule has 0 saturated carbocycles. The Morgan fingerprint density at radius 3 is 2.64 bits per heavy atom. The topological polar surface area (TPSA) is 39.2 Å². The molecular formula is C8H6F3NO2. The number of ether oxygens (including phenoxy) is 1. The zero-order valence-corrected chi connectivity index (χ0v) is 7.13. The van der Waals surface area contributed by atoms with Gasteiger partial charge in [-0.2, -0.15) is 4.39 Å². The lowest BCUT2D eigenvalue weighted by Gasteiger charge is -2.08. The quantitative estimate of drug-likeness (QED) is 0.559. The number of hydrogen-bond acceptors (Lipinski definition) is 3. The molecule has 0 aliphatic heterocycles. The second-order valence-electron chi connectivity index (χ2n) is 2.37. The van der Waals surface area contributed by atoms with Crippen molar-refractivity contribution >= 4 is 6.29 Å². The van der Waals surface area contributed by atoms with Gasteiger partial charge in [0, 0.05) is 6.07 Å². The fourth-order valence-corrected chi connectivity index (χ4v) is 1.00. The summed E-state index contributed by atoms with van der Waals surface area (Å²) in [7, 11) is 1.10. The second kappa shape index (κ2) is 4.08. The molecule has 1 aromatic rings. The number of rotatable bonds is 3. The summed E-state index contributed by atoms with van der Waals surface area (Å²) in [5.74, 6) is -1.53. The van der Waals surface area contributed by atoms with Gasteiger partial charge in [0.05, 0.1) is 12.7 Å². The molecule has 0 aromatic carbocycles. The maximum Gasteiger partial charge on any atom is 0.267 e. The van der Waals surface area contributed by atoms with Crippen LogP contribution in [-0.4, -0.2) is 18.4 Å². The minimum atomic E-state index is -2.92. The molecule has 0 N–H and O–H groups in total. The van der Waals surface area contributed by atoms with E-state index in [1.165, 1.54) is 0 Å². The van der Waals surface area contributed by atoms with E-state index in [1.807, 2.05) is 0 Å². The van der Waals surface area contributed by atoms with E-state index in [2.05, 4.69) is 9.72 Å². The number of carbonyl (C=O) groups is 1. The number of nitrogens with zero attached hydrogens (tertiary/aromatic N) is 1. The highest BCUT2D eigenvalue weighted by atomic mass is 19.3. The molecule has 3 nitrogen and oxygen atoms in total. The van der Waals surface area contributed by atoms with Crippen LogP contribution in [0.25, 0.3) is 0 Å². The van der Waals surface area contributed by atoms with Crippen molar-refractivity contribution in [1.82, 2.24) is 4.98 Å². The fourth-order valence-electron chi connectivity index (χ4n) is 1.00. The second-order valence-corrected chi connectivity index (χ2v) is 2.37. The first-order chi connectivity index (χ1) is 6.60. The van der Waals surface area contributed by atoms with E-state index in [0.29, 0.717) is 6.07 Å². The summed E-state index contributed by atoms with van der Waals surface area (Å²) in [6.45, 7) is 0. The molecule has 76 valence electrons. The maximum absolute atomic E-state index is 12.6. The number of alkyl halides is 2. The molecule has 1 aromatic heterocycles. The fraction of sp³-hybridized carbons (Fsp3) is 0.250. The molecule has 0 fully saturated rings. The average molecular weight is 205 g/mol. The SMILES string of the molecule is COc1c(C(F)F)cc(F)nc1C=O. The Morgan fingerprint density at radius 2 is 2.21 bits per heavy atom. The summed E-state index contributed by atoms with van der Waals surface area (Å²) in [6.07, 6.45) is -2.76. The van der Waals surface area contributed by atoms with Crippen molar-refractivity contribution in [2.45, 2.75) is 6.43 Å². The molecule has 0 radical (unpaired) electrons. The third kappa shape index (κ3) is 1.84. The summed E-state index contributed by atoms with van der Waals surface area (Å²) >= 11 is 0. The Labute approximate surface area is 77.5 Å². The molecule has 0 unspecified atom stereocenters. The van der Waals surface area contributed by atoms with Gasteiger partial charge in [-0.15, -0.1) is 0 Å². The van der Waals surface area contributed by atoms with E-state index >= 15 is 0 Å². The predicted molar refractivity (Wildman–Crippen MR) is 41.1 cm³/mol. The molecule has 1 heterocycles. The minimum absolute atomic E-state index is 0.161. The number of aldehydes is 1. The van der Waals surface area contributed by atoms with Crippen LogP contribution in [0.2, 0.25) is 0 Å². The first kappa shape index (κ1) is 10.5. The summed E-state index contributed by atoms with van der Waals surface area (Å²) in [5, 5.41) is 0. The number of carbonyl (C=O) groups excluding carboxylic acids is 1. The molecular weight excluding hydrogens is 199 g/mol. The van der Waals surface area contributed by atoms with Crippen molar-refractivity contribution in [3.05, 3.63) is 23.3 Å². The summed E-state index contributed by atoms with van der Waals surface area (Å²) in [6, 6.07) is 0.538. The predicted octanol–water partition coefficient (Wildman–Crippen LogP) is 1.98. The number of halogens is 3. The Bertz CT molecular complexity index is 355. The highest BCUT2D eigenvalue weighted by molar-refractivity contribution is 5.77. The summed E-state index contributed by atoms with van der Waals surface area (Å²) in [5.41, 5.74) is -1.15. The number of hydrogen-bond donors (Lipinski definition) is 0. The van der Waals surface area contributed by atoms with E-state index in [1.54, 1.807) is 0 Å². The van der Waals surface area contributed by atoms with Gasteiger partial charge in [-0.1, -0.05) is 0 Å². The lowest BCUT2D eigenvalue weighted by molar-refractivity contribution is 0.111. The third-order valence-electron chi connectivity index (χ3n) is 1.55. The maximum atomic E-state index is 12.6. The summed E-state index contributed by atoms with van der Waals surface area (Å²) in [4.78, 5) is 13.5. The molecule has 0 atom stereocenters. The third-order valence-corrected chi connectivity index (χ3v) is 1.55. The normalized spacial score (nSPS) is 10.4. The van der Waals surface area contributed by atoms with Gasteiger partial charge in [-0.25, -0.2) is 13.8 Å².